The Kier molecular flexibility index (Phi) is 4.09. The number of hydrogen-bond acceptors (Lipinski definition) is 5. The van der Waals surface area contributed by atoms with Crippen LogP contribution in [0.1, 0.15) is 18.1 Å². The lowest BCUT2D eigenvalue weighted by Gasteiger charge is -2.24. The van der Waals surface area contributed by atoms with Gasteiger partial charge in [-0.1, -0.05) is 6.07 Å². The highest BCUT2D eigenvalue weighted by Gasteiger charge is 2.26. The fourth-order valence-electron chi connectivity index (χ4n) is 2.04. The third-order valence-electron chi connectivity index (χ3n) is 3.12. The Morgan fingerprint density at radius 1 is 1.53 bits per heavy atom. The van der Waals surface area contributed by atoms with Crippen molar-refractivity contribution in [2.45, 2.75) is 26.0 Å². The first kappa shape index (κ1) is 14.3. The molecule has 0 saturated carbocycles. The monoisotopic (exact) mass is 283 g/mol. The molecule has 0 fully saturated rings. The van der Waals surface area contributed by atoms with E-state index in [0.717, 1.165) is 11.1 Å². The van der Waals surface area contributed by atoms with Gasteiger partial charge in [-0.05, 0) is 38.1 Å². The number of Topliss-reactive ketones (excluding diaryl/α,β-unsaturated/α-hetero) is 1. The average Bonchev–Trinajstić information content (AvgIpc) is 2.34. The van der Waals surface area contributed by atoms with E-state index in [9.17, 15) is 9.36 Å². The zero-order valence-electron chi connectivity index (χ0n) is 11.3. The van der Waals surface area contributed by atoms with Crippen LogP contribution < -0.4 is 9.84 Å². The van der Waals surface area contributed by atoms with Crippen LogP contribution >= 0.6 is 7.60 Å². The highest BCUT2D eigenvalue weighted by atomic mass is 31.2. The molecule has 1 N–H and O–H groups in total. The summed E-state index contributed by atoms with van der Waals surface area (Å²) in [5, 5.41) is 2.99. The van der Waals surface area contributed by atoms with Crippen molar-refractivity contribution in [1.82, 2.24) is 5.32 Å². The highest BCUT2D eigenvalue weighted by Crippen LogP contribution is 2.50. The van der Waals surface area contributed by atoms with Crippen LogP contribution in [0.4, 0.5) is 0 Å². The number of likely N-dealkylation sites (N-methyl/N-ethyl adjacent to an activating group) is 1. The maximum atomic E-state index is 11.7. The molecule has 1 aromatic carbocycles. The summed E-state index contributed by atoms with van der Waals surface area (Å²) < 4.78 is 22.2. The van der Waals surface area contributed by atoms with E-state index in [0.29, 0.717) is 12.2 Å². The number of hydrogen-bond donors (Lipinski definition) is 1. The molecule has 2 atom stereocenters. The molecule has 1 aliphatic rings. The van der Waals surface area contributed by atoms with E-state index in [1.54, 1.807) is 20.0 Å². The number of ketones is 1. The van der Waals surface area contributed by atoms with Crippen LogP contribution in [0, 0.1) is 0 Å². The SMILES string of the molecule is CNC(Cc1ccc2c(c1)COP(C)(=O)O2)C(C)=O. The maximum absolute atomic E-state index is 11.7. The Labute approximate surface area is 112 Å². The lowest BCUT2D eigenvalue weighted by Crippen LogP contribution is -2.34. The minimum atomic E-state index is -2.95. The number of rotatable bonds is 4. The third-order valence-corrected chi connectivity index (χ3v) is 4.25. The van der Waals surface area contributed by atoms with Crippen molar-refractivity contribution in [3.63, 3.8) is 0 Å². The van der Waals surface area contributed by atoms with Crippen molar-refractivity contribution >= 4 is 13.4 Å². The summed E-state index contributed by atoms with van der Waals surface area (Å²) in [4.78, 5) is 11.4. The molecule has 1 aromatic rings. The Morgan fingerprint density at radius 2 is 2.26 bits per heavy atom. The molecule has 0 bridgehead atoms. The van der Waals surface area contributed by atoms with E-state index in [1.807, 2.05) is 12.1 Å². The van der Waals surface area contributed by atoms with Crippen molar-refractivity contribution in [2.24, 2.45) is 0 Å². The fraction of sp³-hybridized carbons (Fsp3) is 0.462. The van der Waals surface area contributed by atoms with Gasteiger partial charge < -0.3 is 9.84 Å². The molecule has 0 amide bonds. The molecular formula is C13H18NO4P. The standard InChI is InChI=1S/C13H18NO4P/c1-9(15)12(14-2)7-10-4-5-13-11(6-10)8-17-19(3,16)18-13/h4-6,12,14H,7-8H2,1-3H3. The first-order valence-corrected chi connectivity index (χ1v) is 8.11. The van der Waals surface area contributed by atoms with E-state index in [4.69, 9.17) is 9.05 Å². The van der Waals surface area contributed by atoms with Crippen molar-refractivity contribution in [2.75, 3.05) is 13.7 Å². The van der Waals surface area contributed by atoms with Gasteiger partial charge in [0, 0.05) is 12.2 Å². The molecule has 0 aromatic heterocycles. The van der Waals surface area contributed by atoms with Crippen molar-refractivity contribution in [3.8, 4) is 5.75 Å². The van der Waals surface area contributed by atoms with Gasteiger partial charge in [0.1, 0.15) is 11.5 Å². The van der Waals surface area contributed by atoms with E-state index in [-0.39, 0.29) is 18.4 Å². The molecule has 0 saturated heterocycles. The summed E-state index contributed by atoms with van der Waals surface area (Å²) in [5.41, 5.74) is 1.89. The molecule has 2 rings (SSSR count). The van der Waals surface area contributed by atoms with Crippen LogP contribution in [0.15, 0.2) is 18.2 Å². The Hall–Kier alpha value is -1.16. The number of nitrogens with one attached hydrogen (secondary N) is 1. The van der Waals surface area contributed by atoms with Gasteiger partial charge in [0.2, 0.25) is 0 Å². The van der Waals surface area contributed by atoms with Crippen molar-refractivity contribution < 1.29 is 18.4 Å². The van der Waals surface area contributed by atoms with E-state index in [1.165, 1.54) is 6.66 Å². The third kappa shape index (κ3) is 3.44. The summed E-state index contributed by atoms with van der Waals surface area (Å²) in [6.45, 7) is 3.30. The predicted octanol–water partition coefficient (Wildman–Crippen LogP) is 2.14. The van der Waals surface area contributed by atoms with Gasteiger partial charge in [-0.3, -0.25) is 9.32 Å². The second-order valence-corrected chi connectivity index (χ2v) is 6.72. The van der Waals surface area contributed by atoms with E-state index >= 15 is 0 Å². The maximum Gasteiger partial charge on any atom is 0.376 e. The zero-order chi connectivity index (χ0) is 14.0. The minimum absolute atomic E-state index is 0.103. The second kappa shape index (κ2) is 5.45. The largest absolute Gasteiger partial charge is 0.424 e. The Balaban J connectivity index is 2.18. The lowest BCUT2D eigenvalue weighted by molar-refractivity contribution is -0.118. The number of carbonyl (C=O) groups is 1. The summed E-state index contributed by atoms with van der Waals surface area (Å²) >= 11 is 0. The van der Waals surface area contributed by atoms with Gasteiger partial charge in [0.05, 0.1) is 12.6 Å². The molecule has 0 aliphatic carbocycles. The highest BCUT2D eigenvalue weighted by molar-refractivity contribution is 7.53. The molecule has 6 heteroatoms. The van der Waals surface area contributed by atoms with Gasteiger partial charge in [0.25, 0.3) is 0 Å². The number of carbonyl (C=O) groups excluding carboxylic acids is 1. The van der Waals surface area contributed by atoms with Gasteiger partial charge >= 0.3 is 7.60 Å². The lowest BCUT2D eigenvalue weighted by atomic mass is 10.0. The molecule has 2 unspecified atom stereocenters. The normalized spacial score (nSPS) is 23.3. The molecule has 5 nitrogen and oxygen atoms in total. The van der Waals surface area contributed by atoms with Gasteiger partial charge in [-0.2, -0.15) is 0 Å². The Morgan fingerprint density at radius 3 is 2.89 bits per heavy atom. The molecule has 19 heavy (non-hydrogen) atoms. The van der Waals surface area contributed by atoms with Crippen LogP contribution in [-0.2, 0) is 26.9 Å². The summed E-state index contributed by atoms with van der Waals surface area (Å²) in [7, 11) is -1.18. The number of benzene rings is 1. The van der Waals surface area contributed by atoms with Crippen LogP contribution in [0.2, 0.25) is 0 Å². The molecule has 1 heterocycles. The average molecular weight is 283 g/mol. The Bertz CT molecular complexity index is 543. The molecule has 0 radical (unpaired) electrons. The van der Waals surface area contributed by atoms with Crippen molar-refractivity contribution in [1.29, 1.82) is 0 Å². The topological polar surface area (TPSA) is 64.6 Å². The van der Waals surface area contributed by atoms with Crippen LogP contribution in [0.3, 0.4) is 0 Å². The summed E-state index contributed by atoms with van der Waals surface area (Å²) in [5.74, 6) is 0.704. The molecule has 0 spiro atoms. The fourth-order valence-corrected chi connectivity index (χ4v) is 3.00. The zero-order valence-corrected chi connectivity index (χ0v) is 12.2. The number of fused-ring (bicyclic) bond motifs is 1. The van der Waals surface area contributed by atoms with Crippen molar-refractivity contribution in [3.05, 3.63) is 29.3 Å². The van der Waals surface area contributed by atoms with Gasteiger partial charge in [-0.25, -0.2) is 4.57 Å². The summed E-state index contributed by atoms with van der Waals surface area (Å²) in [6.07, 6.45) is 0.614. The van der Waals surface area contributed by atoms with Gasteiger partial charge in [-0.15, -0.1) is 0 Å². The van der Waals surface area contributed by atoms with E-state index < -0.39 is 7.60 Å². The smallest absolute Gasteiger partial charge is 0.376 e. The van der Waals surface area contributed by atoms with Gasteiger partial charge in [0.15, 0.2) is 0 Å². The molecular weight excluding hydrogens is 265 g/mol. The summed E-state index contributed by atoms with van der Waals surface area (Å²) in [6, 6.07) is 5.41. The van der Waals surface area contributed by atoms with Crippen LogP contribution in [-0.4, -0.2) is 25.5 Å². The quantitative estimate of drug-likeness (QED) is 0.858. The van der Waals surface area contributed by atoms with Crippen LogP contribution in [0.25, 0.3) is 0 Å². The van der Waals surface area contributed by atoms with E-state index in [2.05, 4.69) is 5.32 Å². The first-order chi connectivity index (χ1) is 8.91. The predicted molar refractivity (Wildman–Crippen MR) is 72.6 cm³/mol. The molecule has 1 aliphatic heterocycles. The molecule has 104 valence electrons. The minimum Gasteiger partial charge on any atom is -0.424 e. The first-order valence-electron chi connectivity index (χ1n) is 6.12. The second-order valence-electron chi connectivity index (χ2n) is 4.73. The van der Waals surface area contributed by atoms with Crippen LogP contribution in [0.5, 0.6) is 5.75 Å².